The van der Waals surface area contributed by atoms with Gasteiger partial charge in [-0.05, 0) is 6.42 Å². The molecule has 0 aromatic carbocycles. The van der Waals surface area contributed by atoms with E-state index in [1.54, 1.807) is 6.34 Å². The van der Waals surface area contributed by atoms with E-state index in [1.165, 1.54) is 6.42 Å². The Bertz CT molecular complexity index is 81.7. The molecule has 0 fully saturated rings. The quantitative estimate of drug-likeness (QED) is 0.554. The van der Waals surface area contributed by atoms with Gasteiger partial charge < -0.3 is 5.43 Å². The number of rotatable bonds is 2. The molecule has 1 aliphatic heterocycles. The molecule has 0 aromatic heterocycles. The largest absolute Gasteiger partial charge is 0.308 e. The first kappa shape index (κ1) is 5.56. The molecule has 1 aliphatic rings. The van der Waals surface area contributed by atoms with Crippen molar-refractivity contribution in [2.75, 3.05) is 13.2 Å². The van der Waals surface area contributed by atoms with Crippen molar-refractivity contribution >= 4 is 6.34 Å². The highest BCUT2D eigenvalue weighted by Gasteiger charge is 2.01. The van der Waals surface area contributed by atoms with Gasteiger partial charge >= 0.3 is 0 Å². The lowest BCUT2D eigenvalue weighted by atomic mass is 10.5. The molecule has 1 N–H and O–H groups in total. The van der Waals surface area contributed by atoms with E-state index < -0.39 is 0 Å². The van der Waals surface area contributed by atoms with Gasteiger partial charge in [0.05, 0.1) is 6.34 Å². The molecule has 8 heavy (non-hydrogen) atoms. The minimum Gasteiger partial charge on any atom is -0.308 e. The van der Waals surface area contributed by atoms with Gasteiger partial charge in [0.25, 0.3) is 0 Å². The Balaban J connectivity index is 2.10. The highest BCUT2D eigenvalue weighted by Crippen LogP contribution is 1.88. The topological polar surface area (TPSA) is 27.6 Å². The van der Waals surface area contributed by atoms with Gasteiger partial charge in [-0.3, -0.25) is 4.99 Å². The minimum absolute atomic E-state index is 0.813. The molecule has 0 aromatic rings. The van der Waals surface area contributed by atoms with Gasteiger partial charge in [-0.25, -0.2) is 5.01 Å². The lowest BCUT2D eigenvalue weighted by molar-refractivity contribution is 0.268. The van der Waals surface area contributed by atoms with Crippen molar-refractivity contribution in [1.29, 1.82) is 0 Å². The maximum absolute atomic E-state index is 3.97. The van der Waals surface area contributed by atoms with E-state index in [9.17, 15) is 0 Å². The fourth-order valence-corrected chi connectivity index (χ4v) is 0.708. The predicted molar refractivity (Wildman–Crippen MR) is 33.5 cm³/mol. The van der Waals surface area contributed by atoms with Crippen molar-refractivity contribution in [3.05, 3.63) is 0 Å². The molecule has 0 radical (unpaired) electrons. The molecule has 3 nitrogen and oxygen atoms in total. The zero-order chi connectivity index (χ0) is 5.82. The van der Waals surface area contributed by atoms with Crippen LogP contribution in [0.5, 0.6) is 0 Å². The maximum atomic E-state index is 3.97. The minimum atomic E-state index is 0.813. The van der Waals surface area contributed by atoms with Crippen molar-refractivity contribution in [2.24, 2.45) is 4.99 Å². The Kier molecular flexibility index (Phi) is 1.86. The molecule has 46 valence electrons. The number of hydrogen-bond acceptors (Lipinski definition) is 3. The lowest BCUT2D eigenvalue weighted by Gasteiger charge is -2.11. The van der Waals surface area contributed by atoms with Crippen LogP contribution in [-0.2, 0) is 0 Å². The summed E-state index contributed by atoms with van der Waals surface area (Å²) >= 11 is 0. The number of hydrazine groups is 1. The second-order valence-electron chi connectivity index (χ2n) is 1.85. The second-order valence-corrected chi connectivity index (χ2v) is 1.85. The van der Waals surface area contributed by atoms with Crippen LogP contribution in [0.3, 0.4) is 0 Å². The smallest absolute Gasteiger partial charge is 0.110 e. The van der Waals surface area contributed by atoms with Gasteiger partial charge in [-0.15, -0.1) is 0 Å². The summed E-state index contributed by atoms with van der Waals surface area (Å²) < 4.78 is 0. The Morgan fingerprint density at radius 1 is 1.88 bits per heavy atom. The van der Waals surface area contributed by atoms with Crippen LogP contribution in [0.15, 0.2) is 4.99 Å². The maximum Gasteiger partial charge on any atom is 0.110 e. The average molecular weight is 113 g/mol. The Morgan fingerprint density at radius 2 is 2.75 bits per heavy atom. The van der Waals surface area contributed by atoms with Crippen LogP contribution in [0.2, 0.25) is 0 Å². The van der Waals surface area contributed by atoms with Crippen LogP contribution >= 0.6 is 0 Å². The fraction of sp³-hybridized carbons (Fsp3) is 0.800. The fourth-order valence-electron chi connectivity index (χ4n) is 0.708. The summed E-state index contributed by atoms with van der Waals surface area (Å²) in [7, 11) is 0. The van der Waals surface area contributed by atoms with Crippen molar-refractivity contribution in [2.45, 2.75) is 13.3 Å². The van der Waals surface area contributed by atoms with E-state index in [0.717, 1.165) is 13.2 Å². The molecule has 3 heteroatoms. The molecule has 1 heterocycles. The summed E-state index contributed by atoms with van der Waals surface area (Å²) in [5.41, 5.74) is 3.00. The van der Waals surface area contributed by atoms with Crippen LogP contribution in [-0.4, -0.2) is 24.6 Å². The Labute approximate surface area is 49.4 Å². The Morgan fingerprint density at radius 3 is 3.25 bits per heavy atom. The summed E-state index contributed by atoms with van der Waals surface area (Å²) in [6.45, 7) is 4.05. The molecule has 0 saturated carbocycles. The summed E-state index contributed by atoms with van der Waals surface area (Å²) in [6.07, 6.45) is 2.91. The van der Waals surface area contributed by atoms with Gasteiger partial charge in [-0.2, -0.15) is 0 Å². The first-order valence-corrected chi connectivity index (χ1v) is 2.93. The number of nitrogens with one attached hydrogen (secondary N) is 1. The third kappa shape index (κ3) is 1.20. The van der Waals surface area contributed by atoms with Crippen LogP contribution in [0.25, 0.3) is 0 Å². The van der Waals surface area contributed by atoms with Gasteiger partial charge in [0.2, 0.25) is 0 Å². The molecule has 1 rings (SSSR count). The van der Waals surface area contributed by atoms with E-state index in [-0.39, 0.29) is 0 Å². The van der Waals surface area contributed by atoms with Gasteiger partial charge in [-0.1, -0.05) is 6.92 Å². The van der Waals surface area contributed by atoms with E-state index in [2.05, 4.69) is 22.4 Å². The third-order valence-electron chi connectivity index (χ3n) is 1.08. The highest BCUT2D eigenvalue weighted by atomic mass is 15.6. The lowest BCUT2D eigenvalue weighted by Crippen LogP contribution is -2.32. The zero-order valence-corrected chi connectivity index (χ0v) is 5.09. The zero-order valence-electron chi connectivity index (χ0n) is 5.09. The summed E-state index contributed by atoms with van der Waals surface area (Å²) in [4.78, 5) is 3.97. The molecular weight excluding hydrogens is 102 g/mol. The molecule has 0 spiro atoms. The monoisotopic (exact) mass is 113 g/mol. The van der Waals surface area contributed by atoms with Crippen LogP contribution < -0.4 is 5.43 Å². The molecule has 0 unspecified atom stereocenters. The molecule has 0 amide bonds. The number of hydrogen-bond donors (Lipinski definition) is 1. The normalized spacial score (nSPS) is 19.1. The molecular formula is C5H11N3. The SMILES string of the molecule is CCCN1CN=CN1. The number of nitrogens with zero attached hydrogens (tertiary/aromatic N) is 2. The second kappa shape index (κ2) is 2.67. The first-order valence-electron chi connectivity index (χ1n) is 2.93. The van der Waals surface area contributed by atoms with Gasteiger partial charge in [0.1, 0.15) is 6.67 Å². The van der Waals surface area contributed by atoms with E-state index >= 15 is 0 Å². The first-order chi connectivity index (χ1) is 3.93. The van der Waals surface area contributed by atoms with Crippen LogP contribution in [0.4, 0.5) is 0 Å². The van der Waals surface area contributed by atoms with Crippen LogP contribution in [0, 0.1) is 0 Å². The van der Waals surface area contributed by atoms with Crippen molar-refractivity contribution in [1.82, 2.24) is 10.4 Å². The van der Waals surface area contributed by atoms with Crippen molar-refractivity contribution in [3.63, 3.8) is 0 Å². The standard InChI is InChI=1S/C5H11N3/c1-2-3-8-5-6-4-7-8/h4H,2-3,5H2,1H3,(H,6,7). The van der Waals surface area contributed by atoms with Crippen molar-refractivity contribution < 1.29 is 0 Å². The van der Waals surface area contributed by atoms with Gasteiger partial charge in [0.15, 0.2) is 0 Å². The van der Waals surface area contributed by atoms with Crippen LogP contribution in [0.1, 0.15) is 13.3 Å². The highest BCUT2D eigenvalue weighted by molar-refractivity contribution is 5.54. The molecule has 0 bridgehead atoms. The Hall–Kier alpha value is -0.570. The predicted octanol–water partition coefficient (Wildman–Crippen LogP) is 0.202. The molecule has 0 aliphatic carbocycles. The molecule has 0 atom stereocenters. The van der Waals surface area contributed by atoms with E-state index in [0.29, 0.717) is 0 Å². The summed E-state index contributed by atoms with van der Waals surface area (Å²) in [6, 6.07) is 0. The number of aliphatic imine (C=N–C) groups is 1. The summed E-state index contributed by atoms with van der Waals surface area (Å²) in [5.74, 6) is 0. The summed E-state index contributed by atoms with van der Waals surface area (Å²) in [5, 5.41) is 2.07. The van der Waals surface area contributed by atoms with E-state index in [4.69, 9.17) is 0 Å². The van der Waals surface area contributed by atoms with Crippen molar-refractivity contribution in [3.8, 4) is 0 Å². The third-order valence-corrected chi connectivity index (χ3v) is 1.08. The van der Waals surface area contributed by atoms with E-state index in [1.807, 2.05) is 0 Å². The average Bonchev–Trinajstić information content (AvgIpc) is 2.19. The van der Waals surface area contributed by atoms with Gasteiger partial charge in [0, 0.05) is 6.54 Å². The molecule has 0 saturated heterocycles.